The minimum Gasteiger partial charge on any atom is -0.481 e. The van der Waals surface area contributed by atoms with Crippen LogP contribution in [0.1, 0.15) is 26.2 Å². The monoisotopic (exact) mass is 257 g/mol. The number of rotatable bonds is 4. The second-order valence-corrected chi connectivity index (χ2v) is 4.64. The highest BCUT2D eigenvalue weighted by molar-refractivity contribution is 5.79. The van der Waals surface area contributed by atoms with Gasteiger partial charge in [0.15, 0.2) is 0 Å². The molecule has 1 aliphatic heterocycles. The number of amides is 3. The molecule has 0 bridgehead atoms. The Morgan fingerprint density at radius 2 is 2.17 bits per heavy atom. The maximum absolute atomic E-state index is 11.8. The zero-order valence-electron chi connectivity index (χ0n) is 10.4. The number of nitrogens with two attached hydrogens (primary N) is 1. The fraction of sp³-hybridized carbons (Fsp3) is 0.727. The van der Waals surface area contributed by atoms with Crippen molar-refractivity contribution in [1.29, 1.82) is 0 Å². The smallest absolute Gasteiger partial charge is 0.317 e. The van der Waals surface area contributed by atoms with Gasteiger partial charge >= 0.3 is 12.0 Å². The molecule has 0 spiro atoms. The third kappa shape index (κ3) is 4.23. The lowest BCUT2D eigenvalue weighted by Gasteiger charge is -2.32. The van der Waals surface area contributed by atoms with E-state index in [9.17, 15) is 14.4 Å². The lowest BCUT2D eigenvalue weighted by atomic mass is 9.98. The summed E-state index contributed by atoms with van der Waals surface area (Å²) < 4.78 is 0. The minimum atomic E-state index is -0.962. The first-order valence-electron chi connectivity index (χ1n) is 5.96. The van der Waals surface area contributed by atoms with Crippen LogP contribution in [0.2, 0.25) is 0 Å². The van der Waals surface area contributed by atoms with E-state index in [0.717, 1.165) is 6.42 Å². The van der Waals surface area contributed by atoms with Crippen molar-refractivity contribution in [2.24, 2.45) is 11.7 Å². The third-order valence-electron chi connectivity index (χ3n) is 2.96. The van der Waals surface area contributed by atoms with Gasteiger partial charge < -0.3 is 21.1 Å². The number of hydrogen-bond acceptors (Lipinski definition) is 3. The number of nitrogens with zero attached hydrogens (tertiary/aromatic N) is 1. The number of carbonyl (C=O) groups excluding carboxylic acids is 2. The lowest BCUT2D eigenvalue weighted by molar-refractivity contribution is -0.137. The molecule has 7 nitrogen and oxygen atoms in total. The Morgan fingerprint density at radius 3 is 2.72 bits per heavy atom. The van der Waals surface area contributed by atoms with Crippen molar-refractivity contribution in [3.05, 3.63) is 0 Å². The summed E-state index contributed by atoms with van der Waals surface area (Å²) in [6, 6.07) is -0.779. The van der Waals surface area contributed by atoms with Crippen LogP contribution in [0.5, 0.6) is 0 Å². The molecule has 0 aromatic rings. The summed E-state index contributed by atoms with van der Waals surface area (Å²) in [5, 5.41) is 11.2. The Labute approximate surface area is 105 Å². The molecule has 102 valence electrons. The maximum atomic E-state index is 11.8. The van der Waals surface area contributed by atoms with E-state index in [1.807, 2.05) is 0 Å². The van der Waals surface area contributed by atoms with E-state index in [1.54, 1.807) is 6.92 Å². The predicted octanol–water partition coefficient (Wildman–Crippen LogP) is -0.243. The van der Waals surface area contributed by atoms with E-state index in [2.05, 4.69) is 5.32 Å². The number of aliphatic carboxylic acids is 1. The van der Waals surface area contributed by atoms with Crippen molar-refractivity contribution >= 4 is 17.9 Å². The molecule has 0 aromatic carbocycles. The van der Waals surface area contributed by atoms with E-state index in [1.165, 1.54) is 4.90 Å². The number of likely N-dealkylation sites (tertiary alicyclic amines) is 1. The molecule has 1 saturated heterocycles. The minimum absolute atomic E-state index is 0.126. The Bertz CT molecular complexity index is 345. The fourth-order valence-corrected chi connectivity index (χ4v) is 2.01. The Morgan fingerprint density at radius 1 is 1.50 bits per heavy atom. The summed E-state index contributed by atoms with van der Waals surface area (Å²) in [4.78, 5) is 34.9. The van der Waals surface area contributed by atoms with Crippen LogP contribution in [-0.2, 0) is 9.59 Å². The molecule has 2 atom stereocenters. The van der Waals surface area contributed by atoms with Gasteiger partial charge in [0.1, 0.15) is 0 Å². The number of carbonyl (C=O) groups is 3. The van der Waals surface area contributed by atoms with Crippen molar-refractivity contribution in [3.63, 3.8) is 0 Å². The highest BCUT2D eigenvalue weighted by Crippen LogP contribution is 2.16. The first-order valence-corrected chi connectivity index (χ1v) is 5.96. The molecular formula is C11H19N3O4. The quantitative estimate of drug-likeness (QED) is 0.644. The van der Waals surface area contributed by atoms with E-state index in [0.29, 0.717) is 19.5 Å². The molecule has 0 aliphatic carbocycles. The van der Waals surface area contributed by atoms with Gasteiger partial charge in [-0.15, -0.1) is 0 Å². The van der Waals surface area contributed by atoms with Gasteiger partial charge in [0.2, 0.25) is 5.91 Å². The second kappa shape index (κ2) is 6.23. The lowest BCUT2D eigenvalue weighted by Crippen LogP contribution is -2.50. The summed E-state index contributed by atoms with van der Waals surface area (Å²) in [5.74, 6) is -1.66. The van der Waals surface area contributed by atoms with Gasteiger partial charge in [0.05, 0.1) is 12.3 Å². The van der Waals surface area contributed by atoms with Crippen molar-refractivity contribution in [2.75, 3.05) is 13.1 Å². The van der Waals surface area contributed by atoms with Gasteiger partial charge in [0.25, 0.3) is 0 Å². The van der Waals surface area contributed by atoms with E-state index in [-0.39, 0.29) is 18.4 Å². The predicted molar refractivity (Wildman–Crippen MR) is 63.7 cm³/mol. The van der Waals surface area contributed by atoms with Crippen molar-refractivity contribution in [1.82, 2.24) is 10.2 Å². The van der Waals surface area contributed by atoms with Crippen molar-refractivity contribution < 1.29 is 19.5 Å². The largest absolute Gasteiger partial charge is 0.481 e. The van der Waals surface area contributed by atoms with Gasteiger partial charge in [0, 0.05) is 19.1 Å². The Kier molecular flexibility index (Phi) is 4.94. The number of carboxylic acid groups (broad SMARTS) is 1. The number of hydrogen-bond donors (Lipinski definition) is 3. The highest BCUT2D eigenvalue weighted by atomic mass is 16.4. The summed E-state index contributed by atoms with van der Waals surface area (Å²) in [7, 11) is 0. The highest BCUT2D eigenvalue weighted by Gasteiger charge is 2.27. The molecule has 0 saturated carbocycles. The van der Waals surface area contributed by atoms with Crippen LogP contribution in [0.4, 0.5) is 4.79 Å². The maximum Gasteiger partial charge on any atom is 0.317 e. The summed E-state index contributed by atoms with van der Waals surface area (Å²) >= 11 is 0. The molecule has 1 heterocycles. The standard InChI is InChI=1S/C11H19N3O4/c1-7(5-9(15)16)13-11(18)14-4-2-3-8(6-14)10(12)17/h7-8H,2-6H2,1H3,(H2,12,17)(H,13,18)(H,15,16). The van der Waals surface area contributed by atoms with Crippen LogP contribution >= 0.6 is 0 Å². The number of nitrogens with one attached hydrogen (secondary N) is 1. The van der Waals surface area contributed by atoms with Gasteiger partial charge in [-0.1, -0.05) is 0 Å². The van der Waals surface area contributed by atoms with Gasteiger partial charge in [-0.25, -0.2) is 4.79 Å². The number of urea groups is 1. The van der Waals surface area contributed by atoms with E-state index < -0.39 is 17.9 Å². The second-order valence-electron chi connectivity index (χ2n) is 4.64. The van der Waals surface area contributed by atoms with E-state index >= 15 is 0 Å². The third-order valence-corrected chi connectivity index (χ3v) is 2.96. The van der Waals surface area contributed by atoms with E-state index in [4.69, 9.17) is 10.8 Å². The van der Waals surface area contributed by atoms with Crippen LogP contribution in [0.25, 0.3) is 0 Å². The van der Waals surface area contributed by atoms with Crippen molar-refractivity contribution in [2.45, 2.75) is 32.2 Å². The van der Waals surface area contributed by atoms with Gasteiger partial charge in [-0.2, -0.15) is 0 Å². The molecule has 3 amide bonds. The number of primary amides is 1. The molecule has 2 unspecified atom stereocenters. The first kappa shape index (κ1) is 14.3. The molecule has 18 heavy (non-hydrogen) atoms. The summed E-state index contributed by atoms with van der Waals surface area (Å²) in [6.45, 7) is 2.50. The Hall–Kier alpha value is -1.79. The Balaban J connectivity index is 2.46. The summed E-state index contributed by atoms with van der Waals surface area (Å²) in [5.41, 5.74) is 5.22. The van der Waals surface area contributed by atoms with Crippen molar-refractivity contribution in [3.8, 4) is 0 Å². The zero-order chi connectivity index (χ0) is 13.7. The molecule has 1 rings (SSSR count). The van der Waals surface area contributed by atoms with Crippen LogP contribution in [0.3, 0.4) is 0 Å². The van der Waals surface area contributed by atoms with Crippen LogP contribution in [0.15, 0.2) is 0 Å². The van der Waals surface area contributed by atoms with Crippen LogP contribution in [0, 0.1) is 5.92 Å². The normalized spacial score (nSPS) is 21.2. The molecule has 7 heteroatoms. The summed E-state index contributed by atoms with van der Waals surface area (Å²) in [6.07, 6.45) is 1.30. The SMILES string of the molecule is CC(CC(=O)O)NC(=O)N1CCCC(C(N)=O)C1. The molecule has 0 radical (unpaired) electrons. The fourth-order valence-electron chi connectivity index (χ4n) is 2.01. The molecule has 1 fully saturated rings. The molecule has 4 N–H and O–H groups in total. The number of carboxylic acids is 1. The molecule has 1 aliphatic rings. The van der Waals surface area contributed by atoms with Crippen LogP contribution in [-0.4, -0.2) is 47.0 Å². The first-order chi connectivity index (χ1) is 8.40. The van der Waals surface area contributed by atoms with Crippen LogP contribution < -0.4 is 11.1 Å². The zero-order valence-corrected chi connectivity index (χ0v) is 10.4. The molecular weight excluding hydrogens is 238 g/mol. The van der Waals surface area contributed by atoms with Gasteiger partial charge in [-0.3, -0.25) is 9.59 Å². The molecule has 0 aromatic heterocycles. The topological polar surface area (TPSA) is 113 Å². The average Bonchev–Trinajstić information content (AvgIpc) is 2.27. The average molecular weight is 257 g/mol. The number of piperidine rings is 1. The van der Waals surface area contributed by atoms with Gasteiger partial charge in [-0.05, 0) is 19.8 Å².